The van der Waals surface area contributed by atoms with Crippen molar-refractivity contribution in [2.24, 2.45) is 0 Å². The van der Waals surface area contributed by atoms with Crippen molar-refractivity contribution >= 4 is 28.5 Å². The molecule has 0 saturated heterocycles. The molecule has 3 rings (SSSR count). The number of aryl methyl sites for hydroxylation is 2. The summed E-state index contributed by atoms with van der Waals surface area (Å²) >= 11 is 0. The minimum Gasteiger partial charge on any atom is -0.453 e. The maximum Gasteiger partial charge on any atom is 0.306 e. The molecule has 3 aromatic rings. The summed E-state index contributed by atoms with van der Waals surface area (Å²) in [6, 6.07) is 11.3. The number of amides is 1. The van der Waals surface area contributed by atoms with Gasteiger partial charge in [0, 0.05) is 18.5 Å². The van der Waals surface area contributed by atoms with Crippen molar-refractivity contribution in [2.75, 3.05) is 5.32 Å². The second-order valence-corrected chi connectivity index (χ2v) is 6.97. The summed E-state index contributed by atoms with van der Waals surface area (Å²) in [5.41, 5.74) is 1.12. The molecule has 0 fully saturated rings. The third-order valence-electron chi connectivity index (χ3n) is 4.57. The predicted octanol–water partition coefficient (Wildman–Crippen LogP) is 3.26. The van der Waals surface area contributed by atoms with Crippen LogP contribution in [0.25, 0.3) is 10.9 Å². The van der Waals surface area contributed by atoms with Crippen molar-refractivity contribution < 1.29 is 18.7 Å². The standard InChI is InChI=1S/C22H22FN3O4/c1-13-10-11-15(12-17(13)23)24-21(28)14(2)30-20(27)9-5-8-19-25-18-7-4-3-6-16(18)22(29)26-19/h3-4,6-7,10-12,14H,5,8-9H2,1-2H3,(H,24,28)(H,25,26,29)/t14-/m1/s1. The van der Waals surface area contributed by atoms with Crippen LogP contribution in [0.3, 0.4) is 0 Å². The van der Waals surface area contributed by atoms with Gasteiger partial charge in [0.2, 0.25) is 0 Å². The number of aromatic amines is 1. The molecule has 0 aliphatic carbocycles. The number of aromatic nitrogens is 2. The monoisotopic (exact) mass is 411 g/mol. The summed E-state index contributed by atoms with van der Waals surface area (Å²) in [7, 11) is 0. The van der Waals surface area contributed by atoms with Gasteiger partial charge in [0.05, 0.1) is 10.9 Å². The first-order valence-corrected chi connectivity index (χ1v) is 9.58. The fourth-order valence-corrected chi connectivity index (χ4v) is 2.88. The molecule has 2 N–H and O–H groups in total. The summed E-state index contributed by atoms with van der Waals surface area (Å²) in [6.45, 7) is 3.06. The number of nitrogens with zero attached hydrogens (tertiary/aromatic N) is 1. The molecule has 0 saturated carbocycles. The summed E-state index contributed by atoms with van der Waals surface area (Å²) in [5.74, 6) is -1.04. The third-order valence-corrected chi connectivity index (χ3v) is 4.57. The smallest absolute Gasteiger partial charge is 0.306 e. The zero-order valence-electron chi connectivity index (χ0n) is 16.7. The van der Waals surface area contributed by atoms with E-state index in [-0.39, 0.29) is 17.7 Å². The number of rotatable bonds is 7. The molecule has 0 bridgehead atoms. The molecule has 0 radical (unpaired) electrons. The highest BCUT2D eigenvalue weighted by Gasteiger charge is 2.18. The Balaban J connectivity index is 1.48. The van der Waals surface area contributed by atoms with Crippen LogP contribution in [-0.4, -0.2) is 27.9 Å². The molecule has 0 spiro atoms. The van der Waals surface area contributed by atoms with Crippen LogP contribution in [0.4, 0.5) is 10.1 Å². The van der Waals surface area contributed by atoms with Crippen molar-refractivity contribution in [3.63, 3.8) is 0 Å². The number of carbonyl (C=O) groups is 2. The Morgan fingerprint density at radius 1 is 1.23 bits per heavy atom. The van der Waals surface area contributed by atoms with Crippen LogP contribution < -0.4 is 10.9 Å². The molecule has 8 heteroatoms. The Kier molecular flexibility index (Phi) is 6.56. The lowest BCUT2D eigenvalue weighted by Gasteiger charge is -2.14. The number of halogens is 1. The van der Waals surface area contributed by atoms with Gasteiger partial charge in [0.15, 0.2) is 6.10 Å². The molecule has 30 heavy (non-hydrogen) atoms. The number of fused-ring (bicyclic) bond motifs is 1. The molecule has 1 heterocycles. The Bertz CT molecular complexity index is 1140. The Labute approximate surface area is 172 Å². The van der Waals surface area contributed by atoms with Gasteiger partial charge >= 0.3 is 5.97 Å². The predicted molar refractivity (Wildman–Crippen MR) is 111 cm³/mol. The topological polar surface area (TPSA) is 101 Å². The Hall–Kier alpha value is -3.55. The number of nitrogens with one attached hydrogen (secondary N) is 2. The molecule has 1 amide bonds. The summed E-state index contributed by atoms with van der Waals surface area (Å²) < 4.78 is 18.7. The maximum absolute atomic E-state index is 13.6. The van der Waals surface area contributed by atoms with Crippen LogP contribution in [0.1, 0.15) is 31.2 Å². The summed E-state index contributed by atoms with van der Waals surface area (Å²) in [6.07, 6.45) is -0.177. The van der Waals surface area contributed by atoms with E-state index >= 15 is 0 Å². The van der Waals surface area contributed by atoms with Gasteiger partial charge in [0.25, 0.3) is 11.5 Å². The van der Waals surface area contributed by atoms with Crippen molar-refractivity contribution in [1.29, 1.82) is 0 Å². The first kappa shape index (κ1) is 21.2. The number of carbonyl (C=O) groups excluding carboxylic acids is 2. The fraction of sp³-hybridized carbons (Fsp3) is 0.273. The molecule has 0 aliphatic heterocycles. The Morgan fingerprint density at radius 2 is 2.00 bits per heavy atom. The first-order valence-electron chi connectivity index (χ1n) is 9.58. The largest absolute Gasteiger partial charge is 0.453 e. The van der Waals surface area contributed by atoms with Gasteiger partial charge in [-0.25, -0.2) is 9.37 Å². The second-order valence-electron chi connectivity index (χ2n) is 6.97. The van der Waals surface area contributed by atoms with Gasteiger partial charge in [-0.2, -0.15) is 0 Å². The number of benzene rings is 2. The molecule has 0 unspecified atom stereocenters. The number of esters is 1. The minimum absolute atomic E-state index is 0.0628. The highest BCUT2D eigenvalue weighted by Crippen LogP contribution is 2.14. The highest BCUT2D eigenvalue weighted by molar-refractivity contribution is 5.95. The SMILES string of the molecule is Cc1ccc(NC(=O)[C@@H](C)OC(=O)CCCc2nc3ccccc3c(=O)[nH]2)cc1F. The van der Waals surface area contributed by atoms with E-state index in [1.54, 1.807) is 43.3 Å². The quantitative estimate of drug-likeness (QED) is 0.581. The molecule has 0 aliphatic rings. The van der Waals surface area contributed by atoms with Gasteiger partial charge in [-0.1, -0.05) is 18.2 Å². The maximum atomic E-state index is 13.6. The van der Waals surface area contributed by atoms with E-state index in [0.717, 1.165) is 0 Å². The van der Waals surface area contributed by atoms with Gasteiger partial charge in [-0.3, -0.25) is 14.4 Å². The third kappa shape index (κ3) is 5.28. The molecular formula is C22H22FN3O4. The number of ether oxygens (including phenoxy) is 1. The lowest BCUT2D eigenvalue weighted by Crippen LogP contribution is -2.30. The number of anilines is 1. The van der Waals surface area contributed by atoms with Gasteiger partial charge in [-0.15, -0.1) is 0 Å². The zero-order chi connectivity index (χ0) is 21.7. The van der Waals surface area contributed by atoms with Gasteiger partial charge in [0.1, 0.15) is 11.6 Å². The van der Waals surface area contributed by atoms with Crippen LogP contribution in [0, 0.1) is 12.7 Å². The van der Waals surface area contributed by atoms with E-state index < -0.39 is 23.8 Å². The van der Waals surface area contributed by atoms with E-state index in [1.165, 1.54) is 13.0 Å². The number of para-hydroxylation sites is 1. The van der Waals surface area contributed by atoms with E-state index in [2.05, 4.69) is 15.3 Å². The van der Waals surface area contributed by atoms with Crippen LogP contribution in [0.15, 0.2) is 47.3 Å². The average molecular weight is 411 g/mol. The molecular weight excluding hydrogens is 389 g/mol. The lowest BCUT2D eigenvalue weighted by molar-refractivity contribution is -0.153. The molecule has 1 atom stereocenters. The number of hydrogen-bond donors (Lipinski definition) is 2. The van der Waals surface area contributed by atoms with Crippen molar-refractivity contribution in [1.82, 2.24) is 9.97 Å². The molecule has 1 aromatic heterocycles. The minimum atomic E-state index is -1.03. The van der Waals surface area contributed by atoms with E-state index in [9.17, 15) is 18.8 Å². The van der Waals surface area contributed by atoms with E-state index in [1.807, 2.05) is 0 Å². The normalized spacial score (nSPS) is 11.8. The van der Waals surface area contributed by atoms with Crippen LogP contribution in [-0.2, 0) is 20.7 Å². The second kappa shape index (κ2) is 9.30. The van der Waals surface area contributed by atoms with Crippen LogP contribution >= 0.6 is 0 Å². The Morgan fingerprint density at radius 3 is 2.77 bits per heavy atom. The lowest BCUT2D eigenvalue weighted by atomic mass is 10.2. The van der Waals surface area contributed by atoms with Gasteiger partial charge < -0.3 is 15.0 Å². The van der Waals surface area contributed by atoms with Gasteiger partial charge in [-0.05, 0) is 50.1 Å². The molecule has 156 valence electrons. The van der Waals surface area contributed by atoms with Crippen molar-refractivity contribution in [3.05, 3.63) is 70.0 Å². The fourth-order valence-electron chi connectivity index (χ4n) is 2.88. The summed E-state index contributed by atoms with van der Waals surface area (Å²) in [4.78, 5) is 43.3. The molecule has 7 nitrogen and oxygen atoms in total. The van der Waals surface area contributed by atoms with Crippen molar-refractivity contribution in [2.45, 2.75) is 39.2 Å². The number of H-pyrrole nitrogens is 1. The van der Waals surface area contributed by atoms with Crippen molar-refractivity contribution in [3.8, 4) is 0 Å². The molecule has 2 aromatic carbocycles. The average Bonchev–Trinajstić information content (AvgIpc) is 2.70. The number of hydrogen-bond acceptors (Lipinski definition) is 5. The van der Waals surface area contributed by atoms with E-state index in [0.29, 0.717) is 35.1 Å². The zero-order valence-corrected chi connectivity index (χ0v) is 16.7. The summed E-state index contributed by atoms with van der Waals surface area (Å²) in [5, 5.41) is 3.02. The van der Waals surface area contributed by atoms with E-state index in [4.69, 9.17) is 4.74 Å². The highest BCUT2D eigenvalue weighted by atomic mass is 19.1. The van der Waals surface area contributed by atoms with Crippen LogP contribution in [0.5, 0.6) is 0 Å². The van der Waals surface area contributed by atoms with Crippen LogP contribution in [0.2, 0.25) is 0 Å². The first-order chi connectivity index (χ1) is 14.3.